The molecule has 1 aliphatic rings. The Morgan fingerprint density at radius 1 is 0.906 bits per heavy atom. The quantitative estimate of drug-likeness (QED) is 0.468. The Hall–Kier alpha value is -3.49. The molecule has 1 aliphatic carbocycles. The van der Waals surface area contributed by atoms with Crippen molar-refractivity contribution in [1.29, 1.82) is 0 Å². The van der Waals surface area contributed by atoms with E-state index in [1.807, 2.05) is 31.2 Å². The average Bonchev–Trinajstić information content (AvgIpc) is 3.19. The molecular formula is C24H17N3O3S2. The van der Waals surface area contributed by atoms with Crippen LogP contribution < -0.4 is 0 Å². The Labute approximate surface area is 189 Å². The largest absolute Gasteiger partial charge is 0.333 e. The number of H-pyrrole nitrogens is 1. The fourth-order valence-corrected chi connectivity index (χ4v) is 5.31. The molecule has 1 heterocycles. The zero-order valence-electron chi connectivity index (χ0n) is 16.9. The fraction of sp³-hybridized carbons (Fsp3) is 0.0417. The molecule has 32 heavy (non-hydrogen) atoms. The first-order valence-corrected chi connectivity index (χ1v) is 12.1. The molecule has 0 spiro atoms. The van der Waals surface area contributed by atoms with Crippen LogP contribution in [0.4, 0.5) is 0 Å². The summed E-state index contributed by atoms with van der Waals surface area (Å²) in [6.45, 7) is 1.88. The molecule has 0 aliphatic heterocycles. The predicted octanol–water partition coefficient (Wildman–Crippen LogP) is 4.92. The maximum atomic E-state index is 13.1. The van der Waals surface area contributed by atoms with Gasteiger partial charge in [0.05, 0.1) is 26.5 Å². The molecule has 0 bridgehead atoms. The summed E-state index contributed by atoms with van der Waals surface area (Å²) in [5.41, 5.74) is 3.72. The number of imidazole rings is 1. The number of carbonyl (C=O) groups excluding carboxylic acids is 1. The van der Waals surface area contributed by atoms with Crippen molar-refractivity contribution in [3.05, 3.63) is 100 Å². The Morgan fingerprint density at radius 3 is 2.34 bits per heavy atom. The molecular weight excluding hydrogens is 442 g/mol. The molecule has 0 saturated carbocycles. The molecule has 5 rings (SSSR count). The standard InChI is InChI=1S/C24H17N3O3S2/c1-15-10-12-16(13-11-15)32(29,30)27-21-14-22(23(28)18-7-3-2-6-17(18)21)31-24-25-19-8-4-5-9-20(19)26-24/h2-14H,1H3,(H,25,26)/b27-21-. The summed E-state index contributed by atoms with van der Waals surface area (Å²) >= 11 is 1.16. The van der Waals surface area contributed by atoms with E-state index < -0.39 is 10.0 Å². The summed E-state index contributed by atoms with van der Waals surface area (Å²) in [7, 11) is -3.95. The van der Waals surface area contributed by atoms with Gasteiger partial charge in [-0.1, -0.05) is 54.1 Å². The van der Waals surface area contributed by atoms with Crippen molar-refractivity contribution in [3.8, 4) is 0 Å². The molecule has 0 fully saturated rings. The summed E-state index contributed by atoms with van der Waals surface area (Å²) in [5.74, 6) is -0.197. The van der Waals surface area contributed by atoms with E-state index in [4.69, 9.17) is 0 Å². The Morgan fingerprint density at radius 2 is 1.59 bits per heavy atom. The van der Waals surface area contributed by atoms with Gasteiger partial charge in [-0.05, 0) is 49.0 Å². The van der Waals surface area contributed by atoms with Crippen molar-refractivity contribution >= 4 is 44.3 Å². The lowest BCUT2D eigenvalue weighted by Crippen LogP contribution is -2.17. The number of nitrogens with one attached hydrogen (secondary N) is 1. The highest BCUT2D eigenvalue weighted by molar-refractivity contribution is 8.04. The minimum Gasteiger partial charge on any atom is -0.333 e. The minimum absolute atomic E-state index is 0.102. The van der Waals surface area contributed by atoms with Gasteiger partial charge in [-0.3, -0.25) is 4.79 Å². The molecule has 6 nitrogen and oxygen atoms in total. The Bertz CT molecular complexity index is 1500. The number of aryl methyl sites for hydroxylation is 1. The van der Waals surface area contributed by atoms with Crippen LogP contribution in [0.25, 0.3) is 11.0 Å². The SMILES string of the molecule is Cc1ccc(S(=O)(=O)/N=C2/C=C(Sc3nc4ccccc4[nH]3)C(=O)c3ccccc32)cc1. The lowest BCUT2D eigenvalue weighted by molar-refractivity contribution is 0.104. The van der Waals surface area contributed by atoms with Crippen LogP contribution in [0.5, 0.6) is 0 Å². The lowest BCUT2D eigenvalue weighted by Gasteiger charge is -2.16. The van der Waals surface area contributed by atoms with Gasteiger partial charge >= 0.3 is 0 Å². The molecule has 8 heteroatoms. The molecule has 1 N–H and O–H groups in total. The number of fused-ring (bicyclic) bond motifs is 2. The molecule has 158 valence electrons. The van der Waals surface area contributed by atoms with Crippen LogP contribution in [0.15, 0.2) is 98.2 Å². The monoisotopic (exact) mass is 459 g/mol. The minimum atomic E-state index is -3.95. The number of allylic oxidation sites excluding steroid dienone is 2. The van der Waals surface area contributed by atoms with Crippen molar-refractivity contribution in [2.45, 2.75) is 17.0 Å². The third kappa shape index (κ3) is 3.79. The number of para-hydroxylation sites is 2. The number of rotatable bonds is 4. The smallest absolute Gasteiger partial charge is 0.282 e. The van der Waals surface area contributed by atoms with Crippen molar-refractivity contribution < 1.29 is 13.2 Å². The first kappa shape index (κ1) is 20.4. The van der Waals surface area contributed by atoms with Gasteiger partial charge in [-0.15, -0.1) is 0 Å². The molecule has 1 aromatic heterocycles. The zero-order chi connectivity index (χ0) is 22.3. The highest BCUT2D eigenvalue weighted by atomic mass is 32.2. The summed E-state index contributed by atoms with van der Waals surface area (Å²) in [5, 5.41) is 0.547. The number of aromatic nitrogens is 2. The normalized spacial score (nSPS) is 15.1. The average molecular weight is 460 g/mol. The number of Topliss-reactive ketones (excluding diaryl/α,β-unsaturated/α-hetero) is 1. The van der Waals surface area contributed by atoms with E-state index in [1.54, 1.807) is 36.4 Å². The third-order valence-corrected chi connectivity index (χ3v) is 7.27. The van der Waals surface area contributed by atoms with Crippen LogP contribution >= 0.6 is 11.8 Å². The van der Waals surface area contributed by atoms with E-state index in [0.29, 0.717) is 21.2 Å². The van der Waals surface area contributed by atoms with Crippen LogP contribution in [-0.4, -0.2) is 29.9 Å². The van der Waals surface area contributed by atoms with Gasteiger partial charge in [0.1, 0.15) is 0 Å². The maximum absolute atomic E-state index is 13.1. The van der Waals surface area contributed by atoms with E-state index in [9.17, 15) is 13.2 Å². The van der Waals surface area contributed by atoms with Gasteiger partial charge in [-0.25, -0.2) is 4.98 Å². The number of sulfonamides is 1. The van der Waals surface area contributed by atoms with Gasteiger partial charge in [0, 0.05) is 11.1 Å². The van der Waals surface area contributed by atoms with Crippen LogP contribution in [0.2, 0.25) is 0 Å². The van der Waals surface area contributed by atoms with Gasteiger partial charge in [0.25, 0.3) is 10.0 Å². The lowest BCUT2D eigenvalue weighted by atomic mass is 9.94. The van der Waals surface area contributed by atoms with Gasteiger partial charge in [0.15, 0.2) is 5.16 Å². The number of ketones is 1. The summed E-state index contributed by atoms with van der Waals surface area (Å²) in [4.78, 5) is 21.3. The highest BCUT2D eigenvalue weighted by Gasteiger charge is 2.27. The highest BCUT2D eigenvalue weighted by Crippen LogP contribution is 2.33. The summed E-state index contributed by atoms with van der Waals surface area (Å²) in [6, 6.07) is 21.0. The van der Waals surface area contributed by atoms with Gasteiger partial charge in [0.2, 0.25) is 5.78 Å². The van der Waals surface area contributed by atoms with Crippen LogP contribution in [0, 0.1) is 6.92 Å². The zero-order valence-corrected chi connectivity index (χ0v) is 18.6. The molecule has 3 aromatic carbocycles. The second-order valence-electron chi connectivity index (χ2n) is 7.31. The Balaban J connectivity index is 1.59. The van der Waals surface area contributed by atoms with E-state index in [1.165, 1.54) is 18.2 Å². The maximum Gasteiger partial charge on any atom is 0.282 e. The predicted molar refractivity (Wildman–Crippen MR) is 126 cm³/mol. The van der Waals surface area contributed by atoms with Gasteiger partial charge in [-0.2, -0.15) is 12.8 Å². The topological polar surface area (TPSA) is 92.2 Å². The van der Waals surface area contributed by atoms with E-state index >= 15 is 0 Å². The second-order valence-corrected chi connectivity index (χ2v) is 9.94. The van der Waals surface area contributed by atoms with Crippen LogP contribution in [0.3, 0.4) is 0 Å². The van der Waals surface area contributed by atoms with Crippen molar-refractivity contribution in [3.63, 3.8) is 0 Å². The second kappa shape index (κ2) is 7.89. The summed E-state index contributed by atoms with van der Waals surface area (Å²) < 4.78 is 30.0. The Kier molecular flexibility index (Phi) is 5.03. The van der Waals surface area contributed by atoms with Crippen LogP contribution in [0.1, 0.15) is 21.5 Å². The number of nitrogens with zero attached hydrogens (tertiary/aromatic N) is 2. The third-order valence-electron chi connectivity index (χ3n) is 5.05. The first-order valence-electron chi connectivity index (χ1n) is 9.81. The number of hydrogen-bond donors (Lipinski definition) is 1. The molecule has 4 aromatic rings. The van der Waals surface area contributed by atoms with Crippen molar-refractivity contribution in [2.24, 2.45) is 4.40 Å². The molecule has 0 radical (unpaired) electrons. The molecule has 0 atom stereocenters. The number of thioether (sulfide) groups is 1. The first-order chi connectivity index (χ1) is 15.4. The number of aromatic amines is 1. The van der Waals surface area contributed by atoms with Crippen LogP contribution in [-0.2, 0) is 10.0 Å². The van der Waals surface area contributed by atoms with E-state index in [-0.39, 0.29) is 16.4 Å². The van der Waals surface area contributed by atoms with E-state index in [0.717, 1.165) is 28.4 Å². The number of benzene rings is 3. The van der Waals surface area contributed by atoms with Gasteiger partial charge < -0.3 is 4.98 Å². The summed E-state index contributed by atoms with van der Waals surface area (Å²) in [6.07, 6.45) is 1.52. The number of carbonyl (C=O) groups is 1. The van der Waals surface area contributed by atoms with Crippen molar-refractivity contribution in [1.82, 2.24) is 9.97 Å². The number of hydrogen-bond acceptors (Lipinski definition) is 5. The molecule has 0 saturated heterocycles. The molecule has 0 unspecified atom stereocenters. The molecule has 0 amide bonds. The van der Waals surface area contributed by atoms with Crippen molar-refractivity contribution in [2.75, 3.05) is 0 Å². The van der Waals surface area contributed by atoms with E-state index in [2.05, 4.69) is 14.4 Å². The fourth-order valence-electron chi connectivity index (χ4n) is 3.43.